The van der Waals surface area contributed by atoms with E-state index in [0.29, 0.717) is 18.8 Å². The Balaban J connectivity index is 2.72. The highest BCUT2D eigenvalue weighted by Gasteiger charge is 2.40. The molecule has 0 unspecified atom stereocenters. The smallest absolute Gasteiger partial charge is 0.141 e. The van der Waals surface area contributed by atoms with Gasteiger partial charge in [0.2, 0.25) is 0 Å². The summed E-state index contributed by atoms with van der Waals surface area (Å²) in [5, 5.41) is 0. The molecular formula is C14H26O2. The van der Waals surface area contributed by atoms with E-state index in [1.165, 1.54) is 19.3 Å². The third-order valence-corrected chi connectivity index (χ3v) is 3.51. The lowest BCUT2D eigenvalue weighted by Gasteiger charge is -2.37. The van der Waals surface area contributed by atoms with Crippen molar-refractivity contribution in [3.63, 3.8) is 0 Å². The minimum Gasteiger partial charge on any atom is -0.384 e. The molecule has 0 aromatic carbocycles. The Morgan fingerprint density at radius 1 is 1.19 bits per heavy atom. The van der Waals surface area contributed by atoms with Crippen molar-refractivity contribution in [1.82, 2.24) is 0 Å². The molecule has 0 amide bonds. The number of carbonyl (C=O) groups excluding carboxylic acids is 1. The van der Waals surface area contributed by atoms with Gasteiger partial charge in [-0.3, -0.25) is 4.79 Å². The molecule has 0 radical (unpaired) electrons. The predicted molar refractivity (Wildman–Crippen MR) is 66.5 cm³/mol. The molecule has 0 N–H and O–H groups in total. The first-order valence-corrected chi connectivity index (χ1v) is 6.42. The SMILES string of the molecule is COCC1(C(=O)CC(C)(C)C)CCCCC1. The van der Waals surface area contributed by atoms with Crippen LogP contribution in [-0.2, 0) is 9.53 Å². The molecule has 0 heterocycles. The average molecular weight is 226 g/mol. The number of ketones is 1. The molecule has 0 bridgehead atoms. The second kappa shape index (κ2) is 5.31. The van der Waals surface area contributed by atoms with Gasteiger partial charge in [-0.25, -0.2) is 0 Å². The number of hydrogen-bond donors (Lipinski definition) is 0. The summed E-state index contributed by atoms with van der Waals surface area (Å²) in [4.78, 5) is 12.4. The van der Waals surface area contributed by atoms with Crippen LogP contribution < -0.4 is 0 Å². The average Bonchev–Trinajstić information content (AvgIpc) is 2.17. The van der Waals surface area contributed by atoms with E-state index in [9.17, 15) is 4.79 Å². The lowest BCUT2D eigenvalue weighted by atomic mass is 9.68. The van der Waals surface area contributed by atoms with Gasteiger partial charge in [-0.15, -0.1) is 0 Å². The lowest BCUT2D eigenvalue weighted by Crippen LogP contribution is -2.39. The molecule has 0 aliphatic heterocycles. The molecular weight excluding hydrogens is 200 g/mol. The van der Waals surface area contributed by atoms with Crippen LogP contribution >= 0.6 is 0 Å². The van der Waals surface area contributed by atoms with Crippen LogP contribution in [0, 0.1) is 10.8 Å². The van der Waals surface area contributed by atoms with Crippen molar-refractivity contribution in [2.75, 3.05) is 13.7 Å². The zero-order chi connectivity index (χ0) is 12.2. The molecule has 2 nitrogen and oxygen atoms in total. The molecule has 0 aromatic heterocycles. The molecule has 1 aliphatic carbocycles. The molecule has 0 atom stereocenters. The molecule has 0 aromatic rings. The van der Waals surface area contributed by atoms with E-state index in [2.05, 4.69) is 20.8 Å². The Hall–Kier alpha value is -0.370. The Bertz CT molecular complexity index is 226. The minimum absolute atomic E-state index is 0.0925. The molecule has 16 heavy (non-hydrogen) atoms. The van der Waals surface area contributed by atoms with Gasteiger partial charge < -0.3 is 4.74 Å². The number of Topliss-reactive ketones (excluding diaryl/α,β-unsaturated/α-hetero) is 1. The highest BCUT2D eigenvalue weighted by Crippen LogP contribution is 2.40. The molecule has 2 heteroatoms. The quantitative estimate of drug-likeness (QED) is 0.732. The van der Waals surface area contributed by atoms with E-state index in [1.807, 2.05) is 0 Å². The van der Waals surface area contributed by atoms with E-state index in [4.69, 9.17) is 4.74 Å². The van der Waals surface area contributed by atoms with Gasteiger partial charge in [0, 0.05) is 13.5 Å². The number of rotatable bonds is 4. The van der Waals surface area contributed by atoms with Crippen molar-refractivity contribution in [1.29, 1.82) is 0 Å². The van der Waals surface area contributed by atoms with Crippen LogP contribution in [-0.4, -0.2) is 19.5 Å². The van der Waals surface area contributed by atoms with Gasteiger partial charge in [0.05, 0.1) is 12.0 Å². The van der Waals surface area contributed by atoms with Crippen LogP contribution in [0.2, 0.25) is 0 Å². The number of carbonyl (C=O) groups is 1. The first-order chi connectivity index (χ1) is 7.40. The summed E-state index contributed by atoms with van der Waals surface area (Å²) in [5.41, 5.74) is -0.0739. The molecule has 94 valence electrons. The second-order valence-electron chi connectivity index (χ2n) is 6.43. The van der Waals surface area contributed by atoms with Gasteiger partial charge in [-0.1, -0.05) is 40.0 Å². The van der Waals surface area contributed by atoms with Crippen LogP contribution in [0.4, 0.5) is 0 Å². The highest BCUT2D eigenvalue weighted by atomic mass is 16.5. The third-order valence-electron chi connectivity index (χ3n) is 3.51. The molecule has 0 spiro atoms. The number of ether oxygens (including phenoxy) is 1. The molecule has 0 saturated heterocycles. The molecule has 1 saturated carbocycles. The van der Waals surface area contributed by atoms with Gasteiger partial charge in [-0.2, -0.15) is 0 Å². The van der Waals surface area contributed by atoms with Gasteiger partial charge in [-0.05, 0) is 18.3 Å². The molecule has 1 aliphatic rings. The minimum atomic E-state index is -0.166. The summed E-state index contributed by atoms with van der Waals surface area (Å²) in [6, 6.07) is 0. The Labute approximate surface area is 99.8 Å². The Kier molecular flexibility index (Phi) is 4.54. The fraction of sp³-hybridized carbons (Fsp3) is 0.929. The maximum Gasteiger partial charge on any atom is 0.141 e. The Morgan fingerprint density at radius 3 is 2.19 bits per heavy atom. The zero-order valence-corrected chi connectivity index (χ0v) is 11.3. The van der Waals surface area contributed by atoms with E-state index < -0.39 is 0 Å². The van der Waals surface area contributed by atoms with Crippen molar-refractivity contribution >= 4 is 5.78 Å². The molecule has 1 fully saturated rings. The van der Waals surface area contributed by atoms with Crippen LogP contribution in [0.3, 0.4) is 0 Å². The fourth-order valence-electron chi connectivity index (χ4n) is 2.68. The van der Waals surface area contributed by atoms with Crippen LogP contribution in [0.15, 0.2) is 0 Å². The van der Waals surface area contributed by atoms with Crippen LogP contribution in [0.25, 0.3) is 0 Å². The van der Waals surface area contributed by atoms with Crippen molar-refractivity contribution in [2.24, 2.45) is 10.8 Å². The van der Waals surface area contributed by atoms with Gasteiger partial charge in [0.1, 0.15) is 5.78 Å². The monoisotopic (exact) mass is 226 g/mol. The first-order valence-electron chi connectivity index (χ1n) is 6.42. The van der Waals surface area contributed by atoms with Gasteiger partial charge >= 0.3 is 0 Å². The number of hydrogen-bond acceptors (Lipinski definition) is 2. The Morgan fingerprint density at radius 2 is 1.75 bits per heavy atom. The normalized spacial score (nSPS) is 20.8. The highest BCUT2D eigenvalue weighted by molar-refractivity contribution is 5.85. The second-order valence-corrected chi connectivity index (χ2v) is 6.43. The van der Waals surface area contributed by atoms with Crippen molar-refractivity contribution < 1.29 is 9.53 Å². The van der Waals surface area contributed by atoms with Gasteiger partial charge in [0.15, 0.2) is 0 Å². The lowest BCUT2D eigenvalue weighted by molar-refractivity contribution is -0.136. The molecule has 1 rings (SSSR count). The summed E-state index contributed by atoms with van der Waals surface area (Å²) in [6.07, 6.45) is 6.36. The topological polar surface area (TPSA) is 26.3 Å². The van der Waals surface area contributed by atoms with Crippen LogP contribution in [0.1, 0.15) is 59.3 Å². The zero-order valence-electron chi connectivity index (χ0n) is 11.3. The van der Waals surface area contributed by atoms with E-state index >= 15 is 0 Å². The van der Waals surface area contributed by atoms with Crippen molar-refractivity contribution in [2.45, 2.75) is 59.3 Å². The summed E-state index contributed by atoms with van der Waals surface area (Å²) in [7, 11) is 1.71. The third kappa shape index (κ3) is 3.58. The summed E-state index contributed by atoms with van der Waals surface area (Å²) in [6.45, 7) is 7.01. The van der Waals surface area contributed by atoms with E-state index in [-0.39, 0.29) is 10.8 Å². The summed E-state index contributed by atoms with van der Waals surface area (Å²) < 4.78 is 5.30. The number of methoxy groups -OCH3 is 1. The van der Waals surface area contributed by atoms with Crippen molar-refractivity contribution in [3.8, 4) is 0 Å². The summed E-state index contributed by atoms with van der Waals surface area (Å²) >= 11 is 0. The maximum atomic E-state index is 12.4. The van der Waals surface area contributed by atoms with E-state index in [0.717, 1.165) is 12.8 Å². The fourth-order valence-corrected chi connectivity index (χ4v) is 2.68. The largest absolute Gasteiger partial charge is 0.384 e. The maximum absolute atomic E-state index is 12.4. The first kappa shape index (κ1) is 13.7. The van der Waals surface area contributed by atoms with Crippen LogP contribution in [0.5, 0.6) is 0 Å². The van der Waals surface area contributed by atoms with Gasteiger partial charge in [0.25, 0.3) is 0 Å². The summed E-state index contributed by atoms with van der Waals surface area (Å²) in [5.74, 6) is 0.418. The standard InChI is InChI=1S/C14H26O2/c1-13(2,3)10-12(15)14(11-16-4)8-6-5-7-9-14/h5-11H2,1-4H3. The predicted octanol–water partition coefficient (Wildman–Crippen LogP) is 3.59. The van der Waals surface area contributed by atoms with Crippen molar-refractivity contribution in [3.05, 3.63) is 0 Å². The van der Waals surface area contributed by atoms with E-state index in [1.54, 1.807) is 7.11 Å².